The predicted octanol–water partition coefficient (Wildman–Crippen LogP) is 2.27. The van der Waals surface area contributed by atoms with E-state index < -0.39 is 0 Å². The molecule has 0 aromatic carbocycles. The van der Waals surface area contributed by atoms with Gasteiger partial charge in [0.05, 0.1) is 0 Å². The van der Waals surface area contributed by atoms with Gasteiger partial charge in [-0.25, -0.2) is 9.97 Å². The van der Waals surface area contributed by atoms with Crippen LogP contribution in [0.5, 0.6) is 0 Å². The normalized spacial score (nSPS) is 11.5. The summed E-state index contributed by atoms with van der Waals surface area (Å²) < 4.78 is 0.129. The molecule has 1 aromatic heterocycles. The molecular weight excluding hydrogens is 232 g/mol. The highest BCUT2D eigenvalue weighted by Crippen LogP contribution is 2.25. The maximum atomic E-state index is 5.78. The van der Waals surface area contributed by atoms with Gasteiger partial charge < -0.3 is 11.1 Å². The fraction of sp³-hybridized carbons (Fsp3) is 0.556. The molecule has 3 N–H and O–H groups in total. The zero-order valence-corrected chi connectivity index (χ0v) is 10.6. The van der Waals surface area contributed by atoms with Gasteiger partial charge in [-0.2, -0.15) is 11.8 Å². The van der Waals surface area contributed by atoms with Gasteiger partial charge in [-0.1, -0.05) is 11.6 Å². The lowest BCUT2D eigenvalue weighted by Crippen LogP contribution is -2.26. The SMILES string of the molecule is CSC(C)(C)CNc1ncnc(Cl)c1N. The molecule has 4 nitrogen and oxygen atoms in total. The van der Waals surface area contributed by atoms with Crippen LogP contribution in [0.15, 0.2) is 6.33 Å². The summed E-state index contributed by atoms with van der Waals surface area (Å²) in [6.07, 6.45) is 3.46. The van der Waals surface area contributed by atoms with Crippen LogP contribution in [0.25, 0.3) is 0 Å². The fourth-order valence-corrected chi connectivity index (χ4v) is 1.23. The van der Waals surface area contributed by atoms with Crippen molar-refractivity contribution in [2.24, 2.45) is 0 Å². The molecule has 0 saturated heterocycles. The fourth-order valence-electron chi connectivity index (χ4n) is 0.884. The van der Waals surface area contributed by atoms with Crippen LogP contribution in [-0.2, 0) is 0 Å². The standard InChI is InChI=1S/C9H15ClN4S/c1-9(2,15-3)4-12-8-6(11)7(10)13-5-14-8/h5H,4,11H2,1-3H3,(H,12,13,14). The van der Waals surface area contributed by atoms with Crippen LogP contribution in [-0.4, -0.2) is 27.5 Å². The summed E-state index contributed by atoms with van der Waals surface area (Å²) in [5.74, 6) is 0.595. The average Bonchev–Trinajstić information content (AvgIpc) is 2.20. The van der Waals surface area contributed by atoms with Crippen molar-refractivity contribution in [3.05, 3.63) is 11.5 Å². The van der Waals surface area contributed by atoms with E-state index in [-0.39, 0.29) is 9.90 Å². The van der Waals surface area contributed by atoms with Crippen molar-refractivity contribution in [2.45, 2.75) is 18.6 Å². The van der Waals surface area contributed by atoms with Crippen LogP contribution >= 0.6 is 23.4 Å². The molecule has 6 heteroatoms. The van der Waals surface area contributed by atoms with E-state index in [1.54, 1.807) is 11.8 Å². The molecule has 0 saturated carbocycles. The van der Waals surface area contributed by atoms with Gasteiger partial charge >= 0.3 is 0 Å². The summed E-state index contributed by atoms with van der Waals surface area (Å²) in [4.78, 5) is 7.82. The van der Waals surface area contributed by atoms with E-state index >= 15 is 0 Å². The zero-order chi connectivity index (χ0) is 11.5. The molecule has 0 aliphatic carbocycles. The predicted molar refractivity (Wildman–Crippen MR) is 67.5 cm³/mol. The first kappa shape index (κ1) is 12.4. The second-order valence-electron chi connectivity index (χ2n) is 3.74. The number of anilines is 2. The molecule has 15 heavy (non-hydrogen) atoms. The van der Waals surface area contributed by atoms with Crippen molar-refractivity contribution >= 4 is 34.9 Å². The lowest BCUT2D eigenvalue weighted by atomic mass is 10.2. The summed E-state index contributed by atoms with van der Waals surface area (Å²) in [6, 6.07) is 0. The van der Waals surface area contributed by atoms with Crippen molar-refractivity contribution < 1.29 is 0 Å². The Balaban J connectivity index is 2.70. The van der Waals surface area contributed by atoms with Gasteiger partial charge in [0.2, 0.25) is 0 Å². The number of nitrogens with two attached hydrogens (primary N) is 1. The Morgan fingerprint density at radius 1 is 1.53 bits per heavy atom. The van der Waals surface area contributed by atoms with Gasteiger partial charge in [-0.15, -0.1) is 0 Å². The number of nitrogens with one attached hydrogen (secondary N) is 1. The minimum atomic E-state index is 0.129. The van der Waals surface area contributed by atoms with Crippen LogP contribution in [0.2, 0.25) is 5.15 Å². The Labute approximate surface area is 99.0 Å². The number of thioether (sulfide) groups is 1. The molecule has 0 bridgehead atoms. The number of hydrogen-bond acceptors (Lipinski definition) is 5. The summed E-state index contributed by atoms with van der Waals surface area (Å²) in [5.41, 5.74) is 6.13. The van der Waals surface area contributed by atoms with Crippen molar-refractivity contribution in [1.29, 1.82) is 0 Å². The van der Waals surface area contributed by atoms with Crippen LogP contribution in [0, 0.1) is 0 Å². The van der Waals surface area contributed by atoms with Gasteiger partial charge in [0, 0.05) is 11.3 Å². The smallest absolute Gasteiger partial charge is 0.157 e. The van der Waals surface area contributed by atoms with E-state index in [0.717, 1.165) is 6.54 Å². The van der Waals surface area contributed by atoms with Crippen molar-refractivity contribution in [3.8, 4) is 0 Å². The Kier molecular flexibility index (Phi) is 4.04. The van der Waals surface area contributed by atoms with Crippen molar-refractivity contribution in [1.82, 2.24) is 9.97 Å². The Morgan fingerprint density at radius 2 is 2.20 bits per heavy atom. The monoisotopic (exact) mass is 246 g/mol. The molecule has 1 heterocycles. The molecule has 0 spiro atoms. The first-order chi connectivity index (χ1) is 6.96. The highest BCUT2D eigenvalue weighted by Gasteiger charge is 2.16. The largest absolute Gasteiger partial charge is 0.393 e. The summed E-state index contributed by atoms with van der Waals surface area (Å²) in [5, 5.41) is 3.45. The summed E-state index contributed by atoms with van der Waals surface area (Å²) in [6.45, 7) is 5.05. The summed E-state index contributed by atoms with van der Waals surface area (Å²) in [7, 11) is 0. The highest BCUT2D eigenvalue weighted by atomic mass is 35.5. The minimum absolute atomic E-state index is 0.129. The van der Waals surface area contributed by atoms with Gasteiger partial charge in [-0.05, 0) is 20.1 Å². The van der Waals surface area contributed by atoms with E-state index in [0.29, 0.717) is 11.5 Å². The summed E-state index contributed by atoms with van der Waals surface area (Å²) >= 11 is 7.55. The third-order valence-electron chi connectivity index (χ3n) is 2.07. The zero-order valence-electron chi connectivity index (χ0n) is 9.04. The Morgan fingerprint density at radius 3 is 2.80 bits per heavy atom. The van der Waals surface area contributed by atoms with Gasteiger partial charge in [0.1, 0.15) is 12.0 Å². The Bertz CT molecular complexity index is 343. The number of aromatic nitrogens is 2. The van der Waals surface area contributed by atoms with Crippen molar-refractivity contribution in [3.63, 3.8) is 0 Å². The molecule has 0 aliphatic heterocycles. The molecule has 0 amide bonds. The Hall–Kier alpha value is -0.680. The van der Waals surface area contributed by atoms with Gasteiger partial charge in [0.15, 0.2) is 11.0 Å². The number of nitrogens with zero attached hydrogens (tertiary/aromatic N) is 2. The second-order valence-corrected chi connectivity index (χ2v) is 5.62. The van der Waals surface area contributed by atoms with E-state index in [1.807, 2.05) is 0 Å². The lowest BCUT2D eigenvalue weighted by Gasteiger charge is -2.22. The van der Waals surface area contributed by atoms with Crippen LogP contribution in [0.4, 0.5) is 11.5 Å². The molecular formula is C9H15ClN4S. The van der Waals surface area contributed by atoms with Crippen LogP contribution in [0.1, 0.15) is 13.8 Å². The molecule has 1 rings (SSSR count). The van der Waals surface area contributed by atoms with Crippen LogP contribution in [0.3, 0.4) is 0 Å². The number of halogens is 1. The van der Waals surface area contributed by atoms with Crippen LogP contribution < -0.4 is 11.1 Å². The van der Waals surface area contributed by atoms with Gasteiger partial charge in [0.25, 0.3) is 0 Å². The maximum Gasteiger partial charge on any atom is 0.157 e. The quantitative estimate of drug-likeness (QED) is 0.798. The van der Waals surface area contributed by atoms with E-state index in [1.165, 1.54) is 6.33 Å². The third-order valence-corrected chi connectivity index (χ3v) is 3.62. The molecule has 0 atom stereocenters. The second kappa shape index (κ2) is 4.90. The lowest BCUT2D eigenvalue weighted by molar-refractivity contribution is 0.750. The maximum absolute atomic E-state index is 5.78. The van der Waals surface area contributed by atoms with E-state index in [9.17, 15) is 0 Å². The van der Waals surface area contributed by atoms with Crippen molar-refractivity contribution in [2.75, 3.05) is 23.9 Å². The molecule has 0 aliphatic rings. The topological polar surface area (TPSA) is 63.8 Å². The highest BCUT2D eigenvalue weighted by molar-refractivity contribution is 7.99. The number of rotatable bonds is 4. The average molecular weight is 247 g/mol. The van der Waals surface area contributed by atoms with E-state index in [4.69, 9.17) is 17.3 Å². The molecule has 0 radical (unpaired) electrons. The first-order valence-corrected chi connectivity index (χ1v) is 6.11. The molecule has 0 unspecified atom stereocenters. The molecule has 1 aromatic rings. The molecule has 0 fully saturated rings. The van der Waals surface area contributed by atoms with Gasteiger partial charge in [-0.3, -0.25) is 0 Å². The molecule has 84 valence electrons. The minimum Gasteiger partial charge on any atom is -0.393 e. The number of nitrogen functional groups attached to an aromatic ring is 1. The number of hydrogen-bond donors (Lipinski definition) is 2. The van der Waals surface area contributed by atoms with E-state index in [2.05, 4.69) is 35.4 Å². The third kappa shape index (κ3) is 3.43. The first-order valence-electron chi connectivity index (χ1n) is 4.51.